The molecule has 2 aromatic heterocycles. The summed E-state index contributed by atoms with van der Waals surface area (Å²) in [7, 11) is 1.89. The number of nitrogens with zero attached hydrogens (tertiary/aromatic N) is 4. The van der Waals surface area contributed by atoms with Crippen molar-refractivity contribution in [2.75, 3.05) is 0 Å². The molecule has 2 fully saturated rings. The van der Waals surface area contributed by atoms with Crippen molar-refractivity contribution in [1.29, 1.82) is 0 Å². The molecule has 1 saturated carbocycles. The number of thiazole rings is 1. The maximum Gasteiger partial charge on any atom is 0.266 e. The maximum atomic E-state index is 13.0. The molecular weight excluding hydrogens is 308 g/mol. The third-order valence-electron chi connectivity index (χ3n) is 5.25. The third kappa shape index (κ3) is 2.59. The summed E-state index contributed by atoms with van der Waals surface area (Å²) in [6.07, 6.45) is 11.6. The number of aromatic nitrogens is 3. The summed E-state index contributed by atoms with van der Waals surface area (Å²) in [5.41, 5.74) is 0.974. The molecule has 0 spiro atoms. The molecule has 23 heavy (non-hydrogen) atoms. The van der Waals surface area contributed by atoms with Gasteiger partial charge in [0.2, 0.25) is 0 Å². The molecule has 4 rings (SSSR count). The van der Waals surface area contributed by atoms with Crippen LogP contribution in [0.5, 0.6) is 0 Å². The summed E-state index contributed by atoms with van der Waals surface area (Å²) in [6, 6.07) is 0.787. The quantitative estimate of drug-likeness (QED) is 0.848. The normalized spacial score (nSPS) is 27.2. The molecular formula is C17H22N4OS. The Bertz CT molecular complexity index is 722. The first-order chi connectivity index (χ1) is 11.1. The van der Waals surface area contributed by atoms with Gasteiger partial charge in [0.05, 0.1) is 12.4 Å². The lowest BCUT2D eigenvalue weighted by Gasteiger charge is -2.32. The number of carbonyl (C=O) groups excluding carboxylic acids is 1. The van der Waals surface area contributed by atoms with Crippen LogP contribution in [0.3, 0.4) is 0 Å². The van der Waals surface area contributed by atoms with Crippen LogP contribution >= 0.6 is 11.3 Å². The van der Waals surface area contributed by atoms with Crippen molar-refractivity contribution in [2.45, 2.75) is 51.1 Å². The lowest BCUT2D eigenvalue weighted by molar-refractivity contribution is 0.0638. The fourth-order valence-electron chi connectivity index (χ4n) is 4.22. The molecule has 1 amide bonds. The highest BCUT2D eigenvalue weighted by molar-refractivity contribution is 7.16. The molecule has 2 aromatic rings. The van der Waals surface area contributed by atoms with E-state index in [1.165, 1.54) is 30.6 Å². The van der Waals surface area contributed by atoms with Gasteiger partial charge in [-0.3, -0.25) is 9.48 Å². The molecule has 122 valence electrons. The predicted molar refractivity (Wildman–Crippen MR) is 90.3 cm³/mol. The Morgan fingerprint density at radius 1 is 1.30 bits per heavy atom. The van der Waals surface area contributed by atoms with Gasteiger partial charge in [-0.2, -0.15) is 5.10 Å². The highest BCUT2D eigenvalue weighted by atomic mass is 32.1. The minimum atomic E-state index is 0.166. The number of hydrogen-bond acceptors (Lipinski definition) is 4. The lowest BCUT2D eigenvalue weighted by atomic mass is 9.85. The lowest BCUT2D eigenvalue weighted by Crippen LogP contribution is -2.42. The van der Waals surface area contributed by atoms with Gasteiger partial charge < -0.3 is 4.90 Å². The van der Waals surface area contributed by atoms with Crippen LogP contribution in [0.1, 0.15) is 48.7 Å². The number of likely N-dealkylation sites (tertiary alicyclic amines) is 1. The van der Waals surface area contributed by atoms with E-state index in [4.69, 9.17) is 0 Å². The highest BCUT2D eigenvalue weighted by Gasteiger charge is 2.43. The second kappa shape index (κ2) is 5.74. The van der Waals surface area contributed by atoms with Crippen LogP contribution in [0.4, 0.5) is 0 Å². The predicted octanol–water partition coefficient (Wildman–Crippen LogP) is 3.34. The second-order valence-corrected chi connectivity index (χ2v) is 7.87. The maximum absolute atomic E-state index is 13.0. The first kappa shape index (κ1) is 14.9. The van der Waals surface area contributed by atoms with Crippen molar-refractivity contribution in [1.82, 2.24) is 19.7 Å². The van der Waals surface area contributed by atoms with Gasteiger partial charge in [0.25, 0.3) is 5.91 Å². The van der Waals surface area contributed by atoms with Gasteiger partial charge in [-0.15, -0.1) is 11.3 Å². The zero-order chi connectivity index (χ0) is 16.0. The van der Waals surface area contributed by atoms with Crippen LogP contribution in [0.25, 0.3) is 10.6 Å². The van der Waals surface area contributed by atoms with Crippen molar-refractivity contribution in [3.8, 4) is 10.6 Å². The molecule has 3 atom stereocenters. The van der Waals surface area contributed by atoms with Crippen LogP contribution in [-0.4, -0.2) is 37.7 Å². The van der Waals surface area contributed by atoms with E-state index < -0.39 is 0 Å². The molecule has 6 heteroatoms. The van der Waals surface area contributed by atoms with Gasteiger partial charge in [0.1, 0.15) is 9.88 Å². The number of hydrogen-bond donors (Lipinski definition) is 0. The summed E-state index contributed by atoms with van der Waals surface area (Å²) in [5, 5.41) is 5.05. The van der Waals surface area contributed by atoms with E-state index in [0.29, 0.717) is 18.0 Å². The SMILES string of the molecule is C[C@@H]1C[C@H]2CCCC[C@H]2N1C(=O)c1cnc(-c2cnn(C)c2)s1. The number of aryl methyl sites for hydroxylation is 1. The smallest absolute Gasteiger partial charge is 0.266 e. The fourth-order valence-corrected chi connectivity index (χ4v) is 5.06. The molecule has 0 bridgehead atoms. The van der Waals surface area contributed by atoms with Gasteiger partial charge in [-0.05, 0) is 32.1 Å². The highest BCUT2D eigenvalue weighted by Crippen LogP contribution is 2.40. The summed E-state index contributed by atoms with van der Waals surface area (Å²) >= 11 is 1.48. The largest absolute Gasteiger partial charge is 0.332 e. The van der Waals surface area contributed by atoms with Gasteiger partial charge >= 0.3 is 0 Å². The van der Waals surface area contributed by atoms with E-state index in [1.54, 1.807) is 17.1 Å². The van der Waals surface area contributed by atoms with E-state index in [9.17, 15) is 4.79 Å². The zero-order valence-electron chi connectivity index (χ0n) is 13.6. The fraction of sp³-hybridized carbons (Fsp3) is 0.588. The van der Waals surface area contributed by atoms with Crippen molar-refractivity contribution < 1.29 is 4.79 Å². The average molecular weight is 330 g/mol. The Hall–Kier alpha value is -1.69. The van der Waals surface area contributed by atoms with Gasteiger partial charge in [-0.1, -0.05) is 12.8 Å². The van der Waals surface area contributed by atoms with Crippen molar-refractivity contribution >= 4 is 17.2 Å². The van der Waals surface area contributed by atoms with E-state index >= 15 is 0 Å². The topological polar surface area (TPSA) is 51.0 Å². The molecule has 1 saturated heterocycles. The minimum Gasteiger partial charge on any atom is -0.332 e. The standard InChI is InChI=1S/C17H22N4OS/c1-11-7-12-5-3-4-6-14(12)21(11)17(22)15-9-18-16(23-15)13-8-19-20(2)10-13/h8-12,14H,3-7H2,1-2H3/t11-,12-,14-/m1/s1. The molecule has 1 aliphatic heterocycles. The van der Waals surface area contributed by atoms with Crippen LogP contribution in [0, 0.1) is 5.92 Å². The minimum absolute atomic E-state index is 0.166. The monoisotopic (exact) mass is 330 g/mol. The van der Waals surface area contributed by atoms with Gasteiger partial charge in [0, 0.05) is 30.9 Å². The van der Waals surface area contributed by atoms with Crippen molar-refractivity contribution in [2.24, 2.45) is 13.0 Å². The first-order valence-corrected chi connectivity index (χ1v) is 9.22. The van der Waals surface area contributed by atoms with Gasteiger partial charge in [-0.25, -0.2) is 4.98 Å². The van der Waals surface area contributed by atoms with Crippen LogP contribution in [-0.2, 0) is 7.05 Å². The zero-order valence-corrected chi connectivity index (χ0v) is 14.4. The summed E-state index contributed by atoms with van der Waals surface area (Å²) in [4.78, 5) is 20.4. The molecule has 0 unspecified atom stereocenters. The Morgan fingerprint density at radius 3 is 2.91 bits per heavy atom. The molecule has 0 aromatic carbocycles. The molecule has 0 radical (unpaired) electrons. The average Bonchev–Trinajstić information content (AvgIpc) is 3.23. The Kier molecular flexibility index (Phi) is 3.71. The summed E-state index contributed by atoms with van der Waals surface area (Å²) < 4.78 is 1.76. The number of rotatable bonds is 2. The van der Waals surface area contributed by atoms with Crippen LogP contribution in [0.2, 0.25) is 0 Å². The molecule has 0 N–H and O–H groups in total. The van der Waals surface area contributed by atoms with E-state index in [0.717, 1.165) is 28.3 Å². The molecule has 5 nitrogen and oxygen atoms in total. The Morgan fingerprint density at radius 2 is 2.13 bits per heavy atom. The number of amides is 1. The molecule has 2 aliphatic rings. The van der Waals surface area contributed by atoms with Crippen molar-refractivity contribution in [3.63, 3.8) is 0 Å². The van der Waals surface area contributed by atoms with Crippen molar-refractivity contribution in [3.05, 3.63) is 23.5 Å². The summed E-state index contributed by atoms with van der Waals surface area (Å²) in [6.45, 7) is 2.19. The number of fused-ring (bicyclic) bond motifs is 1. The molecule has 3 heterocycles. The third-order valence-corrected chi connectivity index (χ3v) is 6.28. The Balaban J connectivity index is 1.58. The van der Waals surface area contributed by atoms with E-state index in [2.05, 4.69) is 21.9 Å². The summed E-state index contributed by atoms with van der Waals surface area (Å²) in [5.74, 6) is 0.868. The van der Waals surface area contributed by atoms with E-state index in [1.807, 2.05) is 13.2 Å². The van der Waals surface area contributed by atoms with E-state index in [-0.39, 0.29) is 5.91 Å². The van der Waals surface area contributed by atoms with Gasteiger partial charge in [0.15, 0.2) is 0 Å². The Labute approximate surface area is 140 Å². The first-order valence-electron chi connectivity index (χ1n) is 8.41. The van der Waals surface area contributed by atoms with Crippen LogP contribution < -0.4 is 0 Å². The number of carbonyl (C=O) groups is 1. The second-order valence-electron chi connectivity index (χ2n) is 6.84. The van der Waals surface area contributed by atoms with Crippen LogP contribution in [0.15, 0.2) is 18.6 Å². The molecule has 1 aliphatic carbocycles.